The molecule has 0 N–H and O–H groups in total. The molecule has 2 aromatic rings. The first-order chi connectivity index (χ1) is 17.0. The van der Waals surface area contributed by atoms with E-state index in [2.05, 4.69) is 0 Å². The minimum Gasteiger partial charge on any atom is -0.497 e. The topological polar surface area (TPSA) is 71.5 Å². The highest BCUT2D eigenvalue weighted by Crippen LogP contribution is 2.27. The van der Waals surface area contributed by atoms with E-state index in [1.165, 1.54) is 0 Å². The van der Waals surface area contributed by atoms with Crippen molar-refractivity contribution < 1.29 is 23.2 Å². The molecule has 0 heterocycles. The van der Waals surface area contributed by atoms with Crippen LogP contribution in [-0.2, 0) is 27.1 Å². The highest BCUT2D eigenvalue weighted by molar-refractivity contribution is 7.82. The highest BCUT2D eigenvalue weighted by Gasteiger charge is 2.17. The second kappa shape index (κ2) is 14.5. The van der Waals surface area contributed by atoms with E-state index < -0.39 is 11.0 Å². The molecule has 0 fully saturated rings. The molecule has 0 aliphatic carbocycles. The van der Waals surface area contributed by atoms with Crippen molar-refractivity contribution in [1.29, 1.82) is 0 Å². The van der Waals surface area contributed by atoms with E-state index in [1.807, 2.05) is 63.2 Å². The van der Waals surface area contributed by atoms with Crippen molar-refractivity contribution in [2.75, 3.05) is 68.2 Å². The van der Waals surface area contributed by atoms with Crippen LogP contribution in [0.25, 0.3) is 0 Å². The third kappa shape index (κ3) is 9.05. The quantitative estimate of drug-likeness (QED) is 0.342. The van der Waals surface area contributed by atoms with E-state index in [0.717, 1.165) is 33.9 Å². The van der Waals surface area contributed by atoms with Crippen LogP contribution < -0.4 is 9.47 Å². The molecule has 0 aliphatic heterocycles. The van der Waals surface area contributed by atoms with Crippen LogP contribution in [0.1, 0.15) is 16.7 Å². The minimum absolute atomic E-state index is 0.0585. The Balaban J connectivity index is 1.79. The zero-order valence-electron chi connectivity index (χ0n) is 22.3. The Morgan fingerprint density at radius 3 is 2.25 bits per heavy atom. The largest absolute Gasteiger partial charge is 0.497 e. The van der Waals surface area contributed by atoms with Gasteiger partial charge in [-0.3, -0.25) is 4.79 Å². The van der Waals surface area contributed by atoms with Gasteiger partial charge in [-0.2, -0.15) is 0 Å². The lowest BCUT2D eigenvalue weighted by Crippen LogP contribution is -2.32. The van der Waals surface area contributed by atoms with Crippen LogP contribution in [0, 0.1) is 13.8 Å². The van der Waals surface area contributed by atoms with Crippen molar-refractivity contribution >= 4 is 28.5 Å². The van der Waals surface area contributed by atoms with Crippen LogP contribution in [0.5, 0.6) is 11.5 Å². The fraction of sp³-hybridized carbons (Fsp3) is 0.500. The van der Waals surface area contributed by atoms with Gasteiger partial charge in [-0.15, -0.1) is 0 Å². The number of halogens is 1. The summed E-state index contributed by atoms with van der Waals surface area (Å²) in [6, 6.07) is 9.28. The number of nitrogens with zero attached hydrogens (tertiary/aromatic N) is 3. The molecule has 0 spiro atoms. The molecule has 2 aromatic carbocycles. The Bertz CT molecular complexity index is 1030. The first kappa shape index (κ1) is 30.1. The number of carbonyl (C=O) groups excluding carboxylic acids is 1. The second-order valence-corrected chi connectivity index (χ2v) is 10.8. The molecule has 200 valence electrons. The van der Waals surface area contributed by atoms with Crippen LogP contribution in [0.15, 0.2) is 35.2 Å². The van der Waals surface area contributed by atoms with Gasteiger partial charge in [0.15, 0.2) is 0 Å². The minimum atomic E-state index is -1.34. The van der Waals surface area contributed by atoms with E-state index in [9.17, 15) is 9.00 Å². The number of rotatable bonds is 14. The molecule has 36 heavy (non-hydrogen) atoms. The molecule has 1 atom stereocenters. The van der Waals surface area contributed by atoms with Crippen molar-refractivity contribution in [3.05, 3.63) is 52.0 Å². The van der Waals surface area contributed by atoms with E-state index in [0.29, 0.717) is 30.5 Å². The Kier molecular flexibility index (Phi) is 12.1. The fourth-order valence-electron chi connectivity index (χ4n) is 3.47. The number of hydrogen-bond acceptors (Lipinski definition) is 6. The third-order valence-electron chi connectivity index (χ3n) is 5.54. The van der Waals surface area contributed by atoms with Crippen molar-refractivity contribution in [2.45, 2.75) is 25.3 Å². The first-order valence-corrected chi connectivity index (χ1v) is 13.2. The number of hydrogen-bond donors (Lipinski definition) is 0. The summed E-state index contributed by atoms with van der Waals surface area (Å²) >= 11 is 6.34. The summed E-state index contributed by atoms with van der Waals surface area (Å²) in [6.45, 7) is 6.21. The lowest BCUT2D eigenvalue weighted by Gasteiger charge is -2.20. The summed E-state index contributed by atoms with van der Waals surface area (Å²) in [5.74, 6) is 1.22. The number of methoxy groups -OCH3 is 1. The SMILES string of the molecule is COc1cc(C)c(S(=O)N(C)CCOCC(=O)N(C)Cc2ccc(OCCN(C)C)c(Cl)c2)c(C)c1. The molecular weight excluding hydrogens is 502 g/mol. The standard InChI is InChI=1S/C26H38ClN3O5S/c1-19-14-22(33-7)15-20(2)26(19)36(32)30(6)11-12-34-18-25(31)29(5)17-21-8-9-24(23(27)16-21)35-13-10-28(3)4/h8-9,14-16H,10-13,17-18H2,1-7H3. The van der Waals surface area contributed by atoms with Gasteiger partial charge in [-0.05, 0) is 68.9 Å². The average molecular weight is 540 g/mol. The number of likely N-dealkylation sites (N-methyl/N-ethyl adjacent to an activating group) is 3. The predicted octanol–water partition coefficient (Wildman–Crippen LogP) is 3.54. The maximum atomic E-state index is 13.0. The number of ether oxygens (including phenoxy) is 3. The predicted molar refractivity (Wildman–Crippen MR) is 144 cm³/mol. The van der Waals surface area contributed by atoms with E-state index >= 15 is 0 Å². The van der Waals surface area contributed by atoms with Crippen molar-refractivity contribution in [2.24, 2.45) is 0 Å². The fourth-order valence-corrected chi connectivity index (χ4v) is 4.94. The molecule has 1 unspecified atom stereocenters. The lowest BCUT2D eigenvalue weighted by atomic mass is 10.1. The van der Waals surface area contributed by atoms with Crippen LogP contribution in [-0.4, -0.2) is 92.4 Å². The molecular formula is C26H38ClN3O5S. The molecule has 0 saturated carbocycles. The van der Waals surface area contributed by atoms with Crippen LogP contribution in [0.4, 0.5) is 0 Å². The Morgan fingerprint density at radius 2 is 1.67 bits per heavy atom. The maximum Gasteiger partial charge on any atom is 0.248 e. The van der Waals surface area contributed by atoms with Crippen LogP contribution >= 0.6 is 11.6 Å². The van der Waals surface area contributed by atoms with E-state index in [1.54, 1.807) is 30.4 Å². The smallest absolute Gasteiger partial charge is 0.248 e. The van der Waals surface area contributed by atoms with E-state index in [4.69, 9.17) is 25.8 Å². The number of amides is 1. The molecule has 10 heteroatoms. The third-order valence-corrected chi connectivity index (χ3v) is 7.58. The number of benzene rings is 2. The van der Waals surface area contributed by atoms with Gasteiger partial charge in [0.05, 0.1) is 23.6 Å². The second-order valence-electron chi connectivity index (χ2n) is 8.91. The van der Waals surface area contributed by atoms with Gasteiger partial charge >= 0.3 is 0 Å². The Morgan fingerprint density at radius 1 is 1.00 bits per heavy atom. The van der Waals surface area contributed by atoms with Gasteiger partial charge < -0.3 is 24.0 Å². The zero-order chi connectivity index (χ0) is 26.8. The average Bonchev–Trinajstić information content (AvgIpc) is 2.81. The van der Waals surface area contributed by atoms with Crippen molar-refractivity contribution in [3.8, 4) is 11.5 Å². The lowest BCUT2D eigenvalue weighted by molar-refractivity contribution is -0.135. The summed E-state index contributed by atoms with van der Waals surface area (Å²) < 4.78 is 31.3. The first-order valence-electron chi connectivity index (χ1n) is 11.7. The monoisotopic (exact) mass is 539 g/mol. The summed E-state index contributed by atoms with van der Waals surface area (Å²) in [5, 5.41) is 0.515. The number of aryl methyl sites for hydroxylation is 2. The Hall–Kier alpha value is -2.17. The van der Waals surface area contributed by atoms with Crippen LogP contribution in [0.2, 0.25) is 5.02 Å². The van der Waals surface area contributed by atoms with Crippen molar-refractivity contribution in [1.82, 2.24) is 14.1 Å². The summed E-state index contributed by atoms with van der Waals surface area (Å²) in [5.41, 5.74) is 2.71. The normalized spacial score (nSPS) is 12.2. The van der Waals surface area contributed by atoms with E-state index in [-0.39, 0.29) is 19.1 Å². The van der Waals surface area contributed by atoms with Crippen LogP contribution in [0.3, 0.4) is 0 Å². The molecule has 1 amide bonds. The van der Waals surface area contributed by atoms with Gasteiger partial charge in [0, 0.05) is 33.7 Å². The molecule has 0 bridgehead atoms. The molecule has 0 radical (unpaired) electrons. The van der Waals surface area contributed by atoms with Gasteiger partial charge in [-0.1, -0.05) is 17.7 Å². The van der Waals surface area contributed by atoms with Gasteiger partial charge in [0.1, 0.15) is 35.7 Å². The summed E-state index contributed by atoms with van der Waals surface area (Å²) in [6.07, 6.45) is 0. The highest BCUT2D eigenvalue weighted by atomic mass is 35.5. The van der Waals surface area contributed by atoms with Gasteiger partial charge in [0.2, 0.25) is 5.91 Å². The molecule has 8 nitrogen and oxygen atoms in total. The summed E-state index contributed by atoms with van der Waals surface area (Å²) in [4.78, 5) is 16.9. The van der Waals surface area contributed by atoms with Gasteiger partial charge in [0.25, 0.3) is 0 Å². The molecule has 2 rings (SSSR count). The van der Waals surface area contributed by atoms with Crippen molar-refractivity contribution in [3.63, 3.8) is 0 Å². The Labute approximate surface area is 222 Å². The maximum absolute atomic E-state index is 13.0. The molecule has 0 aliphatic rings. The summed E-state index contributed by atoms with van der Waals surface area (Å²) in [7, 11) is 7.72. The number of carbonyl (C=O) groups is 1. The van der Waals surface area contributed by atoms with Gasteiger partial charge in [-0.25, -0.2) is 8.51 Å². The molecule has 0 aromatic heterocycles. The molecule has 0 saturated heterocycles. The zero-order valence-corrected chi connectivity index (χ0v) is 23.9.